The maximum Gasteiger partial charge on any atom is 0.416 e. The van der Waals surface area contributed by atoms with Gasteiger partial charge in [0.05, 0.1) is 10.4 Å². The molecule has 0 aliphatic heterocycles. The first-order valence-electron chi connectivity index (χ1n) is 4.67. The van der Waals surface area contributed by atoms with Crippen molar-refractivity contribution in [2.45, 2.75) is 22.8 Å². The van der Waals surface area contributed by atoms with E-state index in [1.165, 1.54) is 24.8 Å². The van der Waals surface area contributed by atoms with Gasteiger partial charge in [-0.05, 0) is 30.9 Å². The summed E-state index contributed by atoms with van der Waals surface area (Å²) >= 11 is 4.21. The number of Topliss-reactive ketones (excluding diaryl/α,β-unsaturated/α-hetero) is 1. The predicted octanol–water partition coefficient (Wildman–Crippen LogP) is 4.45. The molecule has 1 unspecified atom stereocenters. The van der Waals surface area contributed by atoms with Crippen LogP contribution in [0.15, 0.2) is 23.1 Å². The van der Waals surface area contributed by atoms with Gasteiger partial charge in [-0.15, -0.1) is 11.8 Å². The quantitative estimate of drug-likeness (QED) is 0.603. The SMILES string of the molecule is CSc1cccc(C(F)(F)F)c1C(Br)C(C)=O. The highest BCUT2D eigenvalue weighted by Crippen LogP contribution is 2.41. The van der Waals surface area contributed by atoms with Gasteiger partial charge < -0.3 is 0 Å². The summed E-state index contributed by atoms with van der Waals surface area (Å²) in [6, 6.07) is 3.91. The van der Waals surface area contributed by atoms with Crippen LogP contribution in [0.5, 0.6) is 0 Å². The van der Waals surface area contributed by atoms with Gasteiger partial charge in [-0.25, -0.2) is 0 Å². The summed E-state index contributed by atoms with van der Waals surface area (Å²) in [6.45, 7) is 1.26. The number of alkyl halides is 4. The molecule has 0 radical (unpaired) electrons. The van der Waals surface area contributed by atoms with Crippen molar-refractivity contribution < 1.29 is 18.0 Å². The highest BCUT2D eigenvalue weighted by atomic mass is 79.9. The summed E-state index contributed by atoms with van der Waals surface area (Å²) < 4.78 is 38.5. The number of ketones is 1. The zero-order valence-corrected chi connectivity index (χ0v) is 11.5. The Morgan fingerprint density at radius 3 is 2.41 bits per heavy atom. The van der Waals surface area contributed by atoms with Crippen molar-refractivity contribution >= 4 is 33.5 Å². The van der Waals surface area contributed by atoms with Crippen molar-refractivity contribution in [2.24, 2.45) is 0 Å². The van der Waals surface area contributed by atoms with Crippen LogP contribution in [0, 0.1) is 0 Å². The van der Waals surface area contributed by atoms with Crippen LogP contribution in [0.1, 0.15) is 22.9 Å². The summed E-state index contributed by atoms with van der Waals surface area (Å²) in [7, 11) is 0. The molecule has 0 aliphatic carbocycles. The summed E-state index contributed by atoms with van der Waals surface area (Å²) in [4.78, 5) is 10.8. The van der Waals surface area contributed by atoms with E-state index in [9.17, 15) is 18.0 Å². The third-order valence-electron chi connectivity index (χ3n) is 2.20. The van der Waals surface area contributed by atoms with Gasteiger partial charge in [0.15, 0.2) is 0 Å². The maximum atomic E-state index is 12.8. The molecule has 1 nitrogen and oxygen atoms in total. The van der Waals surface area contributed by atoms with Crippen molar-refractivity contribution in [2.75, 3.05) is 6.26 Å². The Hall–Kier alpha value is -0.490. The molecule has 0 N–H and O–H groups in total. The molecule has 0 fully saturated rings. The molecule has 0 saturated heterocycles. The molecule has 0 aliphatic rings. The van der Waals surface area contributed by atoms with Gasteiger partial charge in [0.1, 0.15) is 5.78 Å². The zero-order valence-electron chi connectivity index (χ0n) is 9.14. The van der Waals surface area contributed by atoms with Gasteiger partial charge in [0, 0.05) is 4.90 Å². The Bertz CT molecular complexity index is 431. The summed E-state index contributed by atoms with van der Waals surface area (Å²) in [5.41, 5.74) is -0.763. The van der Waals surface area contributed by atoms with Crippen molar-refractivity contribution in [1.29, 1.82) is 0 Å². The first kappa shape index (κ1) is 14.6. The largest absolute Gasteiger partial charge is 0.416 e. The van der Waals surface area contributed by atoms with Crippen LogP contribution >= 0.6 is 27.7 Å². The topological polar surface area (TPSA) is 17.1 Å². The van der Waals surface area contributed by atoms with Gasteiger partial charge in [-0.1, -0.05) is 22.0 Å². The Kier molecular flexibility index (Phi) is 4.66. The molecule has 0 bridgehead atoms. The standard InChI is InChI=1S/C11H10BrF3OS/c1-6(16)10(12)9-7(11(13,14)15)4-3-5-8(9)17-2/h3-5,10H,1-2H3. The number of benzene rings is 1. The van der Waals surface area contributed by atoms with Crippen LogP contribution in [-0.2, 0) is 11.0 Å². The Balaban J connectivity index is 3.46. The lowest BCUT2D eigenvalue weighted by atomic mass is 10.0. The summed E-state index contributed by atoms with van der Waals surface area (Å²) in [5.74, 6) is -0.350. The fraction of sp³-hybridized carbons (Fsp3) is 0.364. The van der Waals surface area contributed by atoms with E-state index in [1.807, 2.05) is 0 Å². The molecule has 0 spiro atoms. The van der Waals surface area contributed by atoms with E-state index in [0.717, 1.165) is 6.07 Å². The number of hydrogen-bond acceptors (Lipinski definition) is 2. The number of carbonyl (C=O) groups is 1. The lowest BCUT2D eigenvalue weighted by molar-refractivity contribution is -0.138. The molecule has 94 valence electrons. The molecule has 1 aromatic carbocycles. The molecule has 1 aromatic rings. The van der Waals surface area contributed by atoms with Crippen LogP contribution in [0.25, 0.3) is 0 Å². The maximum absolute atomic E-state index is 12.8. The van der Waals surface area contributed by atoms with E-state index < -0.39 is 16.6 Å². The van der Waals surface area contributed by atoms with E-state index in [1.54, 1.807) is 12.3 Å². The molecule has 0 aromatic heterocycles. The minimum atomic E-state index is -4.46. The molecule has 0 heterocycles. The normalized spacial score (nSPS) is 13.5. The second-order valence-electron chi connectivity index (χ2n) is 3.39. The molecule has 6 heteroatoms. The van der Waals surface area contributed by atoms with Gasteiger partial charge in [-0.2, -0.15) is 13.2 Å². The minimum absolute atomic E-state index is 0.000000000000000444. The Labute approximate surface area is 110 Å². The van der Waals surface area contributed by atoms with Gasteiger partial charge >= 0.3 is 6.18 Å². The molecule has 17 heavy (non-hydrogen) atoms. The van der Waals surface area contributed by atoms with E-state index >= 15 is 0 Å². The zero-order chi connectivity index (χ0) is 13.2. The van der Waals surface area contributed by atoms with Crippen molar-refractivity contribution in [3.8, 4) is 0 Å². The monoisotopic (exact) mass is 326 g/mol. The number of hydrogen-bond donors (Lipinski definition) is 0. The average Bonchev–Trinajstić information content (AvgIpc) is 2.25. The van der Waals surface area contributed by atoms with Crippen molar-refractivity contribution in [3.63, 3.8) is 0 Å². The molecule has 1 atom stereocenters. The highest BCUT2D eigenvalue weighted by molar-refractivity contribution is 9.09. The lowest BCUT2D eigenvalue weighted by Crippen LogP contribution is -2.14. The van der Waals surface area contributed by atoms with Crippen LogP contribution in [0.3, 0.4) is 0 Å². The number of thioether (sulfide) groups is 1. The van der Waals surface area contributed by atoms with Crippen LogP contribution in [0.2, 0.25) is 0 Å². The second kappa shape index (κ2) is 5.44. The van der Waals surface area contributed by atoms with E-state index in [4.69, 9.17) is 0 Å². The van der Waals surface area contributed by atoms with Crippen LogP contribution in [0.4, 0.5) is 13.2 Å². The first-order chi connectivity index (χ1) is 7.79. The fourth-order valence-electron chi connectivity index (χ4n) is 1.43. The Morgan fingerprint density at radius 1 is 1.41 bits per heavy atom. The summed E-state index contributed by atoms with van der Waals surface area (Å²) in [6.07, 6.45) is -2.78. The van der Waals surface area contributed by atoms with Crippen LogP contribution < -0.4 is 0 Å². The van der Waals surface area contributed by atoms with Crippen molar-refractivity contribution in [3.05, 3.63) is 29.3 Å². The number of carbonyl (C=O) groups excluding carboxylic acids is 1. The molecular formula is C11H10BrF3OS. The number of halogens is 4. The predicted molar refractivity (Wildman–Crippen MR) is 65.6 cm³/mol. The van der Waals surface area contributed by atoms with Gasteiger partial charge in [-0.3, -0.25) is 4.79 Å². The van der Waals surface area contributed by atoms with Gasteiger partial charge in [0.25, 0.3) is 0 Å². The first-order valence-corrected chi connectivity index (χ1v) is 6.81. The molecule has 0 amide bonds. The molecule has 1 rings (SSSR count). The Morgan fingerprint density at radius 2 is 2.00 bits per heavy atom. The van der Waals surface area contributed by atoms with Gasteiger partial charge in [0.2, 0.25) is 0 Å². The van der Waals surface area contributed by atoms with E-state index in [2.05, 4.69) is 15.9 Å². The molecule has 0 saturated carbocycles. The minimum Gasteiger partial charge on any atom is -0.298 e. The van der Waals surface area contributed by atoms with E-state index in [0.29, 0.717) is 4.90 Å². The smallest absolute Gasteiger partial charge is 0.298 e. The molecular weight excluding hydrogens is 317 g/mol. The lowest BCUT2D eigenvalue weighted by Gasteiger charge is -2.18. The number of rotatable bonds is 3. The van der Waals surface area contributed by atoms with Crippen molar-refractivity contribution in [1.82, 2.24) is 0 Å². The third-order valence-corrected chi connectivity index (χ3v) is 4.10. The summed E-state index contributed by atoms with van der Waals surface area (Å²) in [5, 5.41) is 0. The second-order valence-corrected chi connectivity index (χ2v) is 5.16. The average molecular weight is 327 g/mol. The van der Waals surface area contributed by atoms with Crippen LogP contribution in [-0.4, -0.2) is 12.0 Å². The fourth-order valence-corrected chi connectivity index (χ4v) is 2.74. The highest BCUT2D eigenvalue weighted by Gasteiger charge is 2.36. The third kappa shape index (κ3) is 3.25. The van der Waals surface area contributed by atoms with E-state index in [-0.39, 0.29) is 11.3 Å².